The van der Waals surface area contributed by atoms with Crippen molar-refractivity contribution in [3.63, 3.8) is 0 Å². The number of nitrogens with one attached hydrogen (secondary N) is 2. The van der Waals surface area contributed by atoms with Gasteiger partial charge in [0.1, 0.15) is 17.3 Å². The van der Waals surface area contributed by atoms with E-state index in [-0.39, 0.29) is 18.3 Å². The Bertz CT molecular complexity index is 1290. The van der Waals surface area contributed by atoms with Gasteiger partial charge < -0.3 is 20.5 Å². The van der Waals surface area contributed by atoms with E-state index in [1.807, 2.05) is 0 Å². The standard InChI is InChI=1S/C23H21Cl2FN4O4/c24-15-2-1-12(5-16(15)25)34-20(21(27)32)22-3-4-23(10-22,11-22)29-19(31)9-33-13-6-17(26)14-8-28-30-18(14)7-13/h1-2,5-8,20H,3-4,9-11H2,(H2,27,32)(H,28,30)(H,29,31). The highest BCUT2D eigenvalue weighted by molar-refractivity contribution is 6.42. The lowest BCUT2D eigenvalue weighted by molar-refractivity contribution is -0.137. The van der Waals surface area contributed by atoms with Crippen LogP contribution in [0.25, 0.3) is 10.9 Å². The fourth-order valence-corrected chi connectivity index (χ4v) is 5.61. The Morgan fingerprint density at radius 2 is 1.97 bits per heavy atom. The molecule has 3 aliphatic carbocycles. The number of carbonyl (C=O) groups is 2. The van der Waals surface area contributed by atoms with Crippen molar-refractivity contribution in [1.29, 1.82) is 0 Å². The number of aromatic nitrogens is 2. The summed E-state index contributed by atoms with van der Waals surface area (Å²) in [6.45, 7) is -0.271. The van der Waals surface area contributed by atoms with Gasteiger partial charge in [0.15, 0.2) is 12.7 Å². The van der Waals surface area contributed by atoms with Crippen LogP contribution in [0.3, 0.4) is 0 Å². The smallest absolute Gasteiger partial charge is 0.259 e. The zero-order chi connectivity index (χ0) is 24.1. The van der Waals surface area contributed by atoms with Crippen molar-refractivity contribution < 1.29 is 23.5 Å². The van der Waals surface area contributed by atoms with Crippen molar-refractivity contribution in [3.05, 3.63) is 52.4 Å². The monoisotopic (exact) mass is 506 g/mol. The number of hydrogen-bond donors (Lipinski definition) is 3. The van der Waals surface area contributed by atoms with Crippen molar-refractivity contribution in [2.24, 2.45) is 11.1 Å². The molecule has 1 aromatic heterocycles. The number of nitrogens with zero attached hydrogens (tertiary/aromatic N) is 1. The number of aromatic amines is 1. The molecule has 2 bridgehead atoms. The normalized spacial score (nSPS) is 23.9. The maximum atomic E-state index is 14.1. The molecule has 34 heavy (non-hydrogen) atoms. The van der Waals surface area contributed by atoms with Crippen LogP contribution in [0, 0.1) is 11.2 Å². The van der Waals surface area contributed by atoms with E-state index >= 15 is 0 Å². The second-order valence-corrected chi connectivity index (χ2v) is 9.86. The third-order valence-electron chi connectivity index (χ3n) is 6.70. The van der Waals surface area contributed by atoms with Crippen LogP contribution >= 0.6 is 23.2 Å². The minimum Gasteiger partial charge on any atom is -0.484 e. The summed E-state index contributed by atoms with van der Waals surface area (Å²) >= 11 is 12.0. The number of halogens is 3. The zero-order valence-corrected chi connectivity index (χ0v) is 19.4. The largest absolute Gasteiger partial charge is 0.484 e. The molecule has 0 radical (unpaired) electrons. The third-order valence-corrected chi connectivity index (χ3v) is 7.44. The summed E-state index contributed by atoms with van der Waals surface area (Å²) in [5, 5.41) is 10.5. The van der Waals surface area contributed by atoms with Gasteiger partial charge in [-0.05, 0) is 37.8 Å². The van der Waals surface area contributed by atoms with Gasteiger partial charge in [0, 0.05) is 29.2 Å². The predicted octanol–water partition coefficient (Wildman–Crippen LogP) is 3.75. The molecular weight excluding hydrogens is 486 g/mol. The van der Waals surface area contributed by atoms with Crippen LogP contribution in [-0.4, -0.2) is 40.3 Å². The average molecular weight is 507 g/mol. The Hall–Kier alpha value is -3.04. The minimum atomic E-state index is -0.863. The van der Waals surface area contributed by atoms with Crippen LogP contribution in [0.1, 0.15) is 25.7 Å². The number of nitrogens with two attached hydrogens (primary N) is 1. The van der Waals surface area contributed by atoms with Crippen molar-refractivity contribution in [3.8, 4) is 11.5 Å². The van der Waals surface area contributed by atoms with Crippen molar-refractivity contribution >= 4 is 45.9 Å². The van der Waals surface area contributed by atoms with Crippen LogP contribution in [-0.2, 0) is 9.59 Å². The van der Waals surface area contributed by atoms with Crippen LogP contribution in [0.5, 0.6) is 11.5 Å². The van der Waals surface area contributed by atoms with E-state index in [4.69, 9.17) is 38.4 Å². The first-order chi connectivity index (χ1) is 16.2. The summed E-state index contributed by atoms with van der Waals surface area (Å²) in [5.74, 6) is -0.774. The number of benzene rings is 2. The molecule has 4 N–H and O–H groups in total. The number of primary amides is 1. The van der Waals surface area contributed by atoms with Crippen molar-refractivity contribution in [1.82, 2.24) is 15.5 Å². The highest BCUT2D eigenvalue weighted by Crippen LogP contribution is 2.63. The van der Waals surface area contributed by atoms with E-state index in [1.165, 1.54) is 12.3 Å². The lowest BCUT2D eigenvalue weighted by Crippen LogP contribution is -2.62. The molecular formula is C23H21Cl2FN4O4. The van der Waals surface area contributed by atoms with Crippen LogP contribution < -0.4 is 20.5 Å². The molecule has 178 valence electrons. The highest BCUT2D eigenvalue weighted by atomic mass is 35.5. The van der Waals surface area contributed by atoms with Gasteiger partial charge >= 0.3 is 0 Å². The summed E-state index contributed by atoms with van der Waals surface area (Å²) < 4.78 is 25.5. The number of H-pyrrole nitrogens is 1. The number of hydrogen-bond acceptors (Lipinski definition) is 5. The Morgan fingerprint density at radius 1 is 1.18 bits per heavy atom. The summed E-state index contributed by atoms with van der Waals surface area (Å²) in [4.78, 5) is 24.8. The lowest BCUT2D eigenvalue weighted by atomic mass is 9.61. The Morgan fingerprint density at radius 3 is 2.71 bits per heavy atom. The third kappa shape index (κ3) is 4.03. The summed E-state index contributed by atoms with van der Waals surface area (Å²) in [6, 6.07) is 7.55. The van der Waals surface area contributed by atoms with Gasteiger partial charge in [-0.1, -0.05) is 23.2 Å². The van der Waals surface area contributed by atoms with Gasteiger partial charge in [-0.15, -0.1) is 0 Å². The molecule has 3 aromatic rings. The molecule has 11 heteroatoms. The Kier molecular flexibility index (Phi) is 5.56. The Labute approximate surface area is 203 Å². The molecule has 8 nitrogen and oxygen atoms in total. The van der Waals surface area contributed by atoms with E-state index in [0.29, 0.717) is 52.4 Å². The molecule has 3 fully saturated rings. The first-order valence-corrected chi connectivity index (χ1v) is 11.4. The lowest BCUT2D eigenvalue weighted by Gasteiger charge is -2.50. The molecule has 3 aliphatic rings. The van der Waals surface area contributed by atoms with E-state index in [0.717, 1.165) is 0 Å². The van der Waals surface area contributed by atoms with Gasteiger partial charge in [-0.25, -0.2) is 4.39 Å². The molecule has 0 spiro atoms. The Balaban J connectivity index is 1.20. The number of ether oxygens (including phenoxy) is 2. The quantitative estimate of drug-likeness (QED) is 0.429. The molecule has 1 unspecified atom stereocenters. The maximum absolute atomic E-state index is 14.1. The van der Waals surface area contributed by atoms with E-state index < -0.39 is 28.8 Å². The van der Waals surface area contributed by atoms with Gasteiger partial charge in [0.25, 0.3) is 11.8 Å². The zero-order valence-electron chi connectivity index (χ0n) is 17.9. The molecule has 6 rings (SSSR count). The van der Waals surface area contributed by atoms with E-state index in [1.54, 1.807) is 24.3 Å². The molecule has 0 saturated heterocycles. The first-order valence-electron chi connectivity index (χ1n) is 10.7. The fourth-order valence-electron chi connectivity index (χ4n) is 5.32. The topological polar surface area (TPSA) is 119 Å². The van der Waals surface area contributed by atoms with Gasteiger partial charge in [0.2, 0.25) is 0 Å². The van der Waals surface area contributed by atoms with Crippen LogP contribution in [0.4, 0.5) is 4.39 Å². The summed E-state index contributed by atoms with van der Waals surface area (Å²) in [5.41, 5.74) is 5.23. The van der Waals surface area contributed by atoms with Crippen molar-refractivity contribution in [2.75, 3.05) is 6.61 Å². The van der Waals surface area contributed by atoms with Crippen molar-refractivity contribution in [2.45, 2.75) is 37.3 Å². The second kappa shape index (κ2) is 8.32. The van der Waals surface area contributed by atoms with Gasteiger partial charge in [0.05, 0.1) is 27.1 Å². The molecule has 1 atom stereocenters. The first kappa shape index (κ1) is 22.7. The van der Waals surface area contributed by atoms with E-state index in [9.17, 15) is 14.0 Å². The number of amides is 2. The predicted molar refractivity (Wildman–Crippen MR) is 123 cm³/mol. The number of fused-ring (bicyclic) bond motifs is 2. The minimum absolute atomic E-state index is 0.222. The molecule has 3 saturated carbocycles. The summed E-state index contributed by atoms with van der Waals surface area (Å²) in [7, 11) is 0. The summed E-state index contributed by atoms with van der Waals surface area (Å²) in [6.07, 6.45) is 2.98. The van der Waals surface area contributed by atoms with Gasteiger partial charge in [-0.2, -0.15) is 5.10 Å². The second-order valence-electron chi connectivity index (χ2n) is 9.05. The highest BCUT2D eigenvalue weighted by Gasteiger charge is 2.66. The number of carbonyl (C=O) groups excluding carboxylic acids is 2. The van der Waals surface area contributed by atoms with E-state index in [2.05, 4.69) is 15.5 Å². The SMILES string of the molecule is NC(=O)C(Oc1ccc(Cl)c(Cl)c1)C12CCC(NC(=O)COc3cc(F)c4cn[nH]c4c3)(C1)C2. The molecule has 2 amide bonds. The average Bonchev–Trinajstić information content (AvgIpc) is 3.46. The maximum Gasteiger partial charge on any atom is 0.259 e. The van der Waals surface area contributed by atoms with Crippen LogP contribution in [0.2, 0.25) is 10.0 Å². The van der Waals surface area contributed by atoms with Crippen LogP contribution in [0.15, 0.2) is 36.5 Å². The fraction of sp³-hybridized carbons (Fsp3) is 0.348. The number of rotatable bonds is 8. The molecule has 1 heterocycles. The van der Waals surface area contributed by atoms with Gasteiger partial charge in [-0.3, -0.25) is 14.7 Å². The molecule has 2 aromatic carbocycles. The molecule has 0 aliphatic heterocycles.